The van der Waals surface area contributed by atoms with Crippen LogP contribution < -0.4 is 4.90 Å². The van der Waals surface area contributed by atoms with E-state index < -0.39 is 0 Å². The predicted molar refractivity (Wildman–Crippen MR) is 262 cm³/mol. The Balaban J connectivity index is 1.17. The molecule has 0 atom stereocenters. The van der Waals surface area contributed by atoms with Gasteiger partial charge in [-0.2, -0.15) is 0 Å². The summed E-state index contributed by atoms with van der Waals surface area (Å²) in [6.07, 6.45) is 0. The summed E-state index contributed by atoms with van der Waals surface area (Å²) < 4.78 is 5.14. The summed E-state index contributed by atoms with van der Waals surface area (Å²) in [5.74, 6) is 0. The maximum Gasteiger partial charge on any atom is 0.0640 e. The molecule has 0 saturated heterocycles. The van der Waals surface area contributed by atoms with Gasteiger partial charge in [0.1, 0.15) is 0 Å². The molecule has 0 fully saturated rings. The number of aromatic nitrogens is 1. The monoisotopic (exact) mass is 794 g/mol. The lowest BCUT2D eigenvalue weighted by Crippen LogP contribution is -2.10. The lowest BCUT2D eigenvalue weighted by molar-refractivity contribution is 1.19. The molecule has 3 heteroatoms. The van der Waals surface area contributed by atoms with Gasteiger partial charge in [-0.1, -0.05) is 170 Å². The van der Waals surface area contributed by atoms with Crippen LogP contribution in [0.1, 0.15) is 0 Å². The number of rotatable bonds is 7. The Morgan fingerprint density at radius 1 is 0.344 bits per heavy atom. The topological polar surface area (TPSA) is 8.17 Å². The van der Waals surface area contributed by atoms with Crippen molar-refractivity contribution in [2.75, 3.05) is 4.90 Å². The van der Waals surface area contributed by atoms with E-state index in [-0.39, 0.29) is 0 Å². The molecule has 12 rings (SSSR count). The van der Waals surface area contributed by atoms with Crippen LogP contribution in [0.5, 0.6) is 0 Å². The summed E-state index contributed by atoms with van der Waals surface area (Å²) >= 11 is 1.86. The lowest BCUT2D eigenvalue weighted by Gasteiger charge is -2.27. The Morgan fingerprint density at radius 2 is 0.852 bits per heavy atom. The molecule has 12 aromatic rings. The number of benzene rings is 10. The highest BCUT2D eigenvalue weighted by Gasteiger charge is 2.24. The number of hydrogen-bond acceptors (Lipinski definition) is 2. The Kier molecular flexibility index (Phi) is 8.39. The third-order valence-corrected chi connectivity index (χ3v) is 13.3. The van der Waals surface area contributed by atoms with Crippen molar-refractivity contribution in [3.05, 3.63) is 231 Å². The summed E-state index contributed by atoms with van der Waals surface area (Å²) in [6.45, 7) is 0. The molecule has 0 bridgehead atoms. The van der Waals surface area contributed by atoms with Crippen LogP contribution >= 0.6 is 11.3 Å². The molecule has 2 nitrogen and oxygen atoms in total. The first-order valence-electron chi connectivity index (χ1n) is 20.8. The van der Waals surface area contributed by atoms with E-state index in [1.54, 1.807) is 0 Å². The van der Waals surface area contributed by atoms with Crippen LogP contribution in [0.25, 0.3) is 91.8 Å². The summed E-state index contributed by atoms with van der Waals surface area (Å²) in [5.41, 5.74) is 14.0. The van der Waals surface area contributed by atoms with Gasteiger partial charge in [0.15, 0.2) is 0 Å². The highest BCUT2D eigenvalue weighted by molar-refractivity contribution is 7.25. The standard InChI is InChI=1S/C58H38N2S/c1-4-14-39(15-5-1)42-24-29-46(30-25-42)59(47-31-26-43(27-32-47)40-16-6-2-7-17-40)54-37-45-20-10-11-21-49(45)58-57(54)51-34-28-44(41-18-8-3-9-19-41)36-53(51)60(58)48-33-35-56-52(38-48)50-22-12-13-23-55(50)61-56/h1-38H. The van der Waals surface area contributed by atoms with Gasteiger partial charge in [-0.25, -0.2) is 0 Å². The smallest absolute Gasteiger partial charge is 0.0640 e. The molecule has 10 aromatic carbocycles. The van der Waals surface area contributed by atoms with E-state index in [1.807, 2.05) is 11.3 Å². The van der Waals surface area contributed by atoms with Crippen molar-refractivity contribution in [2.45, 2.75) is 0 Å². The Bertz CT molecular complexity index is 3470. The molecule has 2 heterocycles. The zero-order chi connectivity index (χ0) is 40.3. The zero-order valence-electron chi connectivity index (χ0n) is 33.2. The summed E-state index contributed by atoms with van der Waals surface area (Å²) in [5, 5.41) is 7.40. The third-order valence-electron chi connectivity index (χ3n) is 12.2. The van der Waals surface area contributed by atoms with Gasteiger partial charge in [0, 0.05) is 53.4 Å². The molecule has 0 spiro atoms. The highest BCUT2D eigenvalue weighted by atomic mass is 32.1. The maximum atomic E-state index is 2.53. The van der Waals surface area contributed by atoms with Gasteiger partial charge in [0.25, 0.3) is 0 Å². The van der Waals surface area contributed by atoms with Crippen molar-refractivity contribution in [3.63, 3.8) is 0 Å². The molecule has 0 aliphatic rings. The van der Waals surface area contributed by atoms with Crippen molar-refractivity contribution >= 4 is 81.1 Å². The summed E-state index contributed by atoms with van der Waals surface area (Å²) in [7, 11) is 0. The van der Waals surface area contributed by atoms with Crippen molar-refractivity contribution < 1.29 is 0 Å². The first-order valence-corrected chi connectivity index (χ1v) is 21.6. The van der Waals surface area contributed by atoms with Gasteiger partial charge in [0.2, 0.25) is 0 Å². The highest BCUT2D eigenvalue weighted by Crippen LogP contribution is 2.48. The van der Waals surface area contributed by atoms with Gasteiger partial charge in [-0.05, 0) is 99.4 Å². The second-order valence-corrected chi connectivity index (χ2v) is 16.8. The Morgan fingerprint density at radius 3 is 1.49 bits per heavy atom. The first kappa shape index (κ1) is 35.2. The van der Waals surface area contributed by atoms with Crippen molar-refractivity contribution in [1.82, 2.24) is 4.57 Å². The van der Waals surface area contributed by atoms with Crippen LogP contribution in [0.3, 0.4) is 0 Å². The molecular formula is C58H38N2S. The van der Waals surface area contributed by atoms with Crippen LogP contribution in [0.2, 0.25) is 0 Å². The normalized spacial score (nSPS) is 11.6. The molecule has 0 aliphatic carbocycles. The van der Waals surface area contributed by atoms with E-state index in [4.69, 9.17) is 0 Å². The van der Waals surface area contributed by atoms with Crippen LogP contribution in [0.4, 0.5) is 17.1 Å². The summed E-state index contributed by atoms with van der Waals surface area (Å²) in [4.78, 5) is 2.46. The van der Waals surface area contributed by atoms with Crippen LogP contribution in [0, 0.1) is 0 Å². The van der Waals surface area contributed by atoms with E-state index in [9.17, 15) is 0 Å². The van der Waals surface area contributed by atoms with Gasteiger partial charge >= 0.3 is 0 Å². The minimum Gasteiger partial charge on any atom is -0.310 e. The second-order valence-electron chi connectivity index (χ2n) is 15.7. The average Bonchev–Trinajstić information content (AvgIpc) is 3.89. The maximum absolute atomic E-state index is 2.53. The zero-order valence-corrected chi connectivity index (χ0v) is 34.1. The third kappa shape index (κ3) is 6.01. The Labute approximate surface area is 358 Å². The SMILES string of the molecule is c1ccc(-c2ccc(N(c3ccc(-c4ccccc4)cc3)c3cc4ccccc4c4c3c3ccc(-c5ccccc5)cc3n4-c3ccc4sc5ccccc5c4c3)cc2)cc1. The lowest BCUT2D eigenvalue weighted by atomic mass is 9.99. The number of hydrogen-bond donors (Lipinski definition) is 0. The van der Waals surface area contributed by atoms with Crippen molar-refractivity contribution in [3.8, 4) is 39.1 Å². The molecule has 0 amide bonds. The predicted octanol–water partition coefficient (Wildman–Crippen LogP) is 16.8. The first-order chi connectivity index (χ1) is 30.2. The van der Waals surface area contributed by atoms with Crippen molar-refractivity contribution in [2.24, 2.45) is 0 Å². The molecule has 0 radical (unpaired) electrons. The molecular weight excluding hydrogens is 757 g/mol. The minimum atomic E-state index is 1.09. The minimum absolute atomic E-state index is 1.09. The van der Waals surface area contributed by atoms with Crippen LogP contribution in [-0.4, -0.2) is 4.57 Å². The van der Waals surface area contributed by atoms with Crippen LogP contribution in [0.15, 0.2) is 231 Å². The van der Waals surface area contributed by atoms with Gasteiger partial charge in [-0.15, -0.1) is 11.3 Å². The van der Waals surface area contributed by atoms with E-state index in [2.05, 4.69) is 240 Å². The molecule has 286 valence electrons. The quantitative estimate of drug-likeness (QED) is 0.156. The van der Waals surface area contributed by atoms with E-state index in [0.29, 0.717) is 0 Å². The number of thiophene rings is 1. The molecule has 0 N–H and O–H groups in total. The van der Waals surface area contributed by atoms with Gasteiger partial charge in [0.05, 0.1) is 16.7 Å². The number of fused-ring (bicyclic) bond motifs is 8. The van der Waals surface area contributed by atoms with E-state index in [0.717, 1.165) is 22.7 Å². The molecule has 61 heavy (non-hydrogen) atoms. The van der Waals surface area contributed by atoms with E-state index >= 15 is 0 Å². The molecule has 2 aromatic heterocycles. The number of nitrogens with zero attached hydrogens (tertiary/aromatic N) is 2. The molecule has 0 aliphatic heterocycles. The van der Waals surface area contributed by atoms with Crippen LogP contribution in [-0.2, 0) is 0 Å². The fourth-order valence-electron chi connectivity index (χ4n) is 9.26. The fraction of sp³-hybridized carbons (Fsp3) is 0. The largest absolute Gasteiger partial charge is 0.310 e. The number of anilines is 3. The Hall–Kier alpha value is -7.72. The summed E-state index contributed by atoms with van der Waals surface area (Å²) in [6, 6.07) is 84.3. The van der Waals surface area contributed by atoms with Crippen molar-refractivity contribution in [1.29, 1.82) is 0 Å². The van der Waals surface area contributed by atoms with E-state index in [1.165, 1.54) is 86.1 Å². The average molecular weight is 795 g/mol. The van der Waals surface area contributed by atoms with Gasteiger partial charge in [-0.3, -0.25) is 0 Å². The van der Waals surface area contributed by atoms with Gasteiger partial charge < -0.3 is 9.47 Å². The molecule has 0 unspecified atom stereocenters. The second kappa shape index (κ2) is 14.5. The fourth-order valence-corrected chi connectivity index (χ4v) is 10.3. The molecule has 0 saturated carbocycles.